The quantitative estimate of drug-likeness (QED) is 0.456. The van der Waals surface area contributed by atoms with E-state index in [-0.39, 0.29) is 29.2 Å². The molecular formula is C13H15ClN2O5. The van der Waals surface area contributed by atoms with Crippen LogP contribution in [0.2, 0.25) is 5.02 Å². The summed E-state index contributed by atoms with van der Waals surface area (Å²) in [5.41, 5.74) is -0.417. The molecule has 0 bridgehead atoms. The predicted octanol–water partition coefficient (Wildman–Crippen LogP) is 2.27. The van der Waals surface area contributed by atoms with Crippen LogP contribution >= 0.6 is 11.6 Å². The zero-order valence-electron chi connectivity index (χ0n) is 11.7. The minimum atomic E-state index is -0.659. The monoisotopic (exact) mass is 314 g/mol. The third-order valence-corrected chi connectivity index (χ3v) is 3.10. The summed E-state index contributed by atoms with van der Waals surface area (Å²) < 4.78 is 4.51. The molecular weight excluding hydrogens is 300 g/mol. The maximum absolute atomic E-state index is 12.3. The molecule has 1 aromatic rings. The lowest BCUT2D eigenvalue weighted by Crippen LogP contribution is -2.33. The lowest BCUT2D eigenvalue weighted by molar-refractivity contribution is -0.385. The van der Waals surface area contributed by atoms with Crippen LogP contribution in [-0.2, 0) is 9.53 Å². The van der Waals surface area contributed by atoms with Crippen molar-refractivity contribution in [2.45, 2.75) is 13.3 Å². The number of halogens is 1. The number of hydrogen-bond donors (Lipinski definition) is 0. The summed E-state index contributed by atoms with van der Waals surface area (Å²) in [5.74, 6) is -0.975. The summed E-state index contributed by atoms with van der Waals surface area (Å²) in [5, 5.41) is 11.2. The number of nitrogens with zero attached hydrogens (tertiary/aromatic N) is 2. The Morgan fingerprint density at radius 1 is 1.43 bits per heavy atom. The van der Waals surface area contributed by atoms with E-state index in [2.05, 4.69) is 4.74 Å². The third-order valence-electron chi connectivity index (χ3n) is 2.87. The Labute approximate surface area is 126 Å². The fraction of sp³-hybridized carbons (Fsp3) is 0.385. The van der Waals surface area contributed by atoms with Crippen molar-refractivity contribution in [1.29, 1.82) is 0 Å². The molecule has 0 atom stereocenters. The number of methoxy groups -OCH3 is 1. The van der Waals surface area contributed by atoms with Gasteiger partial charge in [0, 0.05) is 24.2 Å². The first-order chi connectivity index (χ1) is 9.90. The second-order valence-electron chi connectivity index (χ2n) is 4.13. The molecule has 0 radical (unpaired) electrons. The number of hydrogen-bond acceptors (Lipinski definition) is 5. The lowest BCUT2D eigenvalue weighted by Gasteiger charge is -2.20. The van der Waals surface area contributed by atoms with E-state index in [1.165, 1.54) is 24.1 Å². The smallest absolute Gasteiger partial charge is 0.307 e. The summed E-state index contributed by atoms with van der Waals surface area (Å²) >= 11 is 5.71. The van der Waals surface area contributed by atoms with Gasteiger partial charge in [-0.15, -0.1) is 0 Å². The van der Waals surface area contributed by atoms with Gasteiger partial charge in [0.2, 0.25) is 0 Å². The van der Waals surface area contributed by atoms with Crippen molar-refractivity contribution in [1.82, 2.24) is 4.90 Å². The normalized spacial score (nSPS) is 10.0. The molecule has 7 nitrogen and oxygen atoms in total. The average Bonchev–Trinajstić information content (AvgIpc) is 2.47. The molecule has 1 rings (SSSR count). The van der Waals surface area contributed by atoms with E-state index in [9.17, 15) is 19.7 Å². The summed E-state index contributed by atoms with van der Waals surface area (Å²) in [6.45, 7) is 2.16. The van der Waals surface area contributed by atoms with Crippen LogP contribution in [0, 0.1) is 10.1 Å². The maximum atomic E-state index is 12.3. The maximum Gasteiger partial charge on any atom is 0.307 e. The topological polar surface area (TPSA) is 89.8 Å². The zero-order chi connectivity index (χ0) is 16.0. The number of amides is 1. The number of ether oxygens (including phenoxy) is 1. The molecule has 114 valence electrons. The molecule has 0 saturated heterocycles. The van der Waals surface area contributed by atoms with E-state index in [4.69, 9.17) is 11.6 Å². The average molecular weight is 315 g/mol. The molecule has 1 amide bonds. The Morgan fingerprint density at radius 2 is 2.10 bits per heavy atom. The minimum absolute atomic E-state index is 0.0253. The lowest BCUT2D eigenvalue weighted by atomic mass is 10.1. The highest BCUT2D eigenvalue weighted by Crippen LogP contribution is 2.24. The minimum Gasteiger partial charge on any atom is -0.469 e. The van der Waals surface area contributed by atoms with Gasteiger partial charge in [-0.2, -0.15) is 0 Å². The Bertz CT molecular complexity index is 561. The molecule has 0 aromatic heterocycles. The summed E-state index contributed by atoms with van der Waals surface area (Å²) in [6.07, 6.45) is 0.0253. The van der Waals surface area contributed by atoms with Gasteiger partial charge in [-0.25, -0.2) is 0 Å². The van der Waals surface area contributed by atoms with Gasteiger partial charge in [0.15, 0.2) is 0 Å². The molecule has 0 aliphatic rings. The predicted molar refractivity (Wildman–Crippen MR) is 76.3 cm³/mol. The highest BCUT2D eigenvalue weighted by molar-refractivity contribution is 6.31. The molecule has 0 N–H and O–H groups in total. The molecule has 8 heteroatoms. The molecule has 0 heterocycles. The molecule has 0 spiro atoms. The van der Waals surface area contributed by atoms with Crippen molar-refractivity contribution in [2.75, 3.05) is 20.2 Å². The SMILES string of the molecule is CCN(CCC(=O)OC)C(=O)c1ccc(Cl)cc1[N+](=O)[O-]. The zero-order valence-corrected chi connectivity index (χ0v) is 12.4. The van der Waals surface area contributed by atoms with Gasteiger partial charge in [-0.1, -0.05) is 11.6 Å². The number of nitro groups is 1. The Morgan fingerprint density at radius 3 is 2.62 bits per heavy atom. The van der Waals surface area contributed by atoms with E-state index in [0.717, 1.165) is 6.07 Å². The van der Waals surface area contributed by atoms with Gasteiger partial charge in [-0.3, -0.25) is 19.7 Å². The third kappa shape index (κ3) is 4.42. The van der Waals surface area contributed by atoms with Crippen molar-refractivity contribution < 1.29 is 19.2 Å². The van der Waals surface area contributed by atoms with Crippen LogP contribution in [-0.4, -0.2) is 41.9 Å². The number of benzene rings is 1. The van der Waals surface area contributed by atoms with Gasteiger partial charge in [0.25, 0.3) is 11.6 Å². The molecule has 0 fully saturated rings. The van der Waals surface area contributed by atoms with Crippen LogP contribution in [0.15, 0.2) is 18.2 Å². The highest BCUT2D eigenvalue weighted by Gasteiger charge is 2.24. The van der Waals surface area contributed by atoms with Gasteiger partial charge in [0.1, 0.15) is 5.56 Å². The number of nitro benzene ring substituents is 1. The van der Waals surface area contributed by atoms with Crippen molar-refractivity contribution in [3.8, 4) is 0 Å². The highest BCUT2D eigenvalue weighted by atomic mass is 35.5. The fourth-order valence-electron chi connectivity index (χ4n) is 1.74. The first kappa shape index (κ1) is 16.9. The van der Waals surface area contributed by atoms with Crippen molar-refractivity contribution in [2.24, 2.45) is 0 Å². The standard InChI is InChI=1S/C13H15ClN2O5/c1-3-15(7-6-12(17)21-2)13(18)10-5-4-9(14)8-11(10)16(19)20/h4-5,8H,3,6-7H2,1-2H3. The molecule has 0 unspecified atom stereocenters. The number of esters is 1. The van der Waals surface area contributed by atoms with Crippen molar-refractivity contribution in [3.05, 3.63) is 38.9 Å². The van der Waals surface area contributed by atoms with Crippen LogP contribution in [0.4, 0.5) is 5.69 Å². The molecule has 0 saturated carbocycles. The number of carbonyl (C=O) groups excluding carboxylic acids is 2. The van der Waals surface area contributed by atoms with E-state index in [1.807, 2.05) is 0 Å². The Kier molecular flexibility index (Phi) is 6.10. The van der Waals surface area contributed by atoms with E-state index in [0.29, 0.717) is 6.54 Å². The van der Waals surface area contributed by atoms with Gasteiger partial charge in [0.05, 0.1) is 18.5 Å². The summed E-state index contributed by atoms with van der Waals surface area (Å²) in [6, 6.07) is 3.85. The first-order valence-electron chi connectivity index (χ1n) is 6.20. The van der Waals surface area contributed by atoms with Crippen LogP contribution < -0.4 is 0 Å². The van der Waals surface area contributed by atoms with Crippen molar-refractivity contribution in [3.63, 3.8) is 0 Å². The first-order valence-corrected chi connectivity index (χ1v) is 6.58. The van der Waals surface area contributed by atoms with Gasteiger partial charge >= 0.3 is 5.97 Å². The summed E-state index contributed by atoms with van der Waals surface area (Å²) in [7, 11) is 1.25. The van der Waals surface area contributed by atoms with Crippen LogP contribution in [0.5, 0.6) is 0 Å². The molecule has 1 aromatic carbocycles. The van der Waals surface area contributed by atoms with E-state index >= 15 is 0 Å². The van der Waals surface area contributed by atoms with E-state index < -0.39 is 16.8 Å². The number of carbonyl (C=O) groups is 2. The van der Waals surface area contributed by atoms with Gasteiger partial charge < -0.3 is 9.64 Å². The van der Waals surface area contributed by atoms with E-state index in [1.54, 1.807) is 6.92 Å². The van der Waals surface area contributed by atoms with Gasteiger partial charge in [-0.05, 0) is 19.1 Å². The second-order valence-corrected chi connectivity index (χ2v) is 4.57. The molecule has 21 heavy (non-hydrogen) atoms. The van der Waals surface area contributed by atoms with Crippen LogP contribution in [0.1, 0.15) is 23.7 Å². The Hall–Kier alpha value is -2.15. The second kappa shape index (κ2) is 7.58. The number of rotatable bonds is 6. The molecule has 0 aliphatic heterocycles. The largest absolute Gasteiger partial charge is 0.469 e. The van der Waals surface area contributed by atoms with Crippen LogP contribution in [0.25, 0.3) is 0 Å². The Balaban J connectivity index is 3.00. The van der Waals surface area contributed by atoms with Crippen molar-refractivity contribution >= 4 is 29.2 Å². The fourth-order valence-corrected chi connectivity index (χ4v) is 1.90. The molecule has 0 aliphatic carbocycles. The summed E-state index contributed by atoms with van der Waals surface area (Å²) in [4.78, 5) is 35.1. The van der Waals surface area contributed by atoms with Crippen LogP contribution in [0.3, 0.4) is 0 Å².